The molecule has 122 valence electrons. The fourth-order valence-electron chi connectivity index (χ4n) is 3.43. The van der Waals surface area contributed by atoms with Gasteiger partial charge in [0.25, 0.3) is 0 Å². The van der Waals surface area contributed by atoms with Gasteiger partial charge in [0.1, 0.15) is 0 Å². The highest BCUT2D eigenvalue weighted by Crippen LogP contribution is 2.23. The first-order chi connectivity index (χ1) is 10.6. The van der Waals surface area contributed by atoms with Crippen LogP contribution in [0.3, 0.4) is 0 Å². The summed E-state index contributed by atoms with van der Waals surface area (Å²) in [6.45, 7) is 9.92. The fourth-order valence-corrected chi connectivity index (χ4v) is 3.43. The van der Waals surface area contributed by atoms with Gasteiger partial charge in [-0.2, -0.15) is 0 Å². The Morgan fingerprint density at radius 3 is 2.73 bits per heavy atom. The Hall–Kier alpha value is -0.940. The third-order valence-electron chi connectivity index (χ3n) is 4.91. The Balaban J connectivity index is 1.43. The molecule has 4 nitrogen and oxygen atoms in total. The number of rotatable bonds is 6. The number of ether oxygens (including phenoxy) is 2. The fraction of sp³-hybridized carbons (Fsp3) is 0.667. The van der Waals surface area contributed by atoms with E-state index >= 15 is 0 Å². The van der Waals surface area contributed by atoms with Gasteiger partial charge in [-0.1, -0.05) is 30.3 Å². The van der Waals surface area contributed by atoms with E-state index in [2.05, 4.69) is 47.5 Å². The van der Waals surface area contributed by atoms with Crippen molar-refractivity contribution in [3.63, 3.8) is 0 Å². The molecule has 1 aromatic rings. The minimum atomic E-state index is -0.434. The lowest BCUT2D eigenvalue weighted by atomic mass is 10.0. The molecule has 0 radical (unpaired) electrons. The number of nitrogens with zero attached hydrogens (tertiary/aromatic N) is 1. The van der Waals surface area contributed by atoms with Crippen LogP contribution in [-0.4, -0.2) is 49.6 Å². The van der Waals surface area contributed by atoms with Gasteiger partial charge in [0.05, 0.1) is 13.2 Å². The van der Waals surface area contributed by atoms with E-state index in [1.807, 2.05) is 6.92 Å². The van der Waals surface area contributed by atoms with Gasteiger partial charge in [-0.25, -0.2) is 0 Å². The second-order valence-electron chi connectivity index (χ2n) is 6.77. The van der Waals surface area contributed by atoms with Crippen LogP contribution in [0.1, 0.15) is 25.8 Å². The Bertz CT molecular complexity index is 459. The van der Waals surface area contributed by atoms with Crippen molar-refractivity contribution in [3.05, 3.63) is 35.9 Å². The van der Waals surface area contributed by atoms with Crippen LogP contribution in [0.25, 0.3) is 0 Å². The molecule has 0 aliphatic carbocycles. The molecule has 2 unspecified atom stereocenters. The van der Waals surface area contributed by atoms with E-state index in [9.17, 15) is 0 Å². The van der Waals surface area contributed by atoms with Crippen molar-refractivity contribution in [2.24, 2.45) is 5.92 Å². The van der Waals surface area contributed by atoms with Crippen molar-refractivity contribution in [3.8, 4) is 0 Å². The molecule has 0 saturated carbocycles. The van der Waals surface area contributed by atoms with E-state index < -0.39 is 5.79 Å². The molecule has 2 saturated heterocycles. The molecule has 3 rings (SSSR count). The molecular formula is C18H28N2O2. The third kappa shape index (κ3) is 4.07. The number of nitrogens with one attached hydrogen (secondary N) is 1. The first-order valence-corrected chi connectivity index (χ1v) is 8.42. The normalized spacial score (nSPS) is 26.4. The lowest BCUT2D eigenvalue weighted by molar-refractivity contribution is -0.139. The Labute approximate surface area is 133 Å². The average Bonchev–Trinajstić information content (AvgIpc) is 3.16. The van der Waals surface area contributed by atoms with E-state index in [-0.39, 0.29) is 0 Å². The lowest BCUT2D eigenvalue weighted by Gasteiger charge is -2.27. The monoisotopic (exact) mass is 304 g/mol. The van der Waals surface area contributed by atoms with Crippen LogP contribution in [0, 0.1) is 5.92 Å². The Morgan fingerprint density at radius 2 is 2.00 bits per heavy atom. The zero-order valence-electron chi connectivity index (χ0n) is 13.8. The van der Waals surface area contributed by atoms with Crippen LogP contribution in [0.15, 0.2) is 30.3 Å². The molecule has 2 atom stereocenters. The molecule has 0 spiro atoms. The van der Waals surface area contributed by atoms with Crippen molar-refractivity contribution >= 4 is 0 Å². The van der Waals surface area contributed by atoms with E-state index in [1.54, 1.807) is 0 Å². The number of likely N-dealkylation sites (tertiary alicyclic amines) is 1. The van der Waals surface area contributed by atoms with E-state index in [0.717, 1.165) is 13.1 Å². The summed E-state index contributed by atoms with van der Waals surface area (Å²) in [5.41, 5.74) is 1.41. The van der Waals surface area contributed by atoms with Crippen molar-refractivity contribution < 1.29 is 9.47 Å². The minimum absolute atomic E-state index is 0.434. The van der Waals surface area contributed by atoms with Gasteiger partial charge in [0.15, 0.2) is 5.79 Å². The summed E-state index contributed by atoms with van der Waals surface area (Å²) >= 11 is 0. The van der Waals surface area contributed by atoms with Gasteiger partial charge in [0, 0.05) is 25.7 Å². The van der Waals surface area contributed by atoms with Crippen LogP contribution >= 0.6 is 0 Å². The van der Waals surface area contributed by atoms with Gasteiger partial charge in [-0.15, -0.1) is 0 Å². The molecular weight excluding hydrogens is 276 g/mol. The first kappa shape index (κ1) is 15.9. The van der Waals surface area contributed by atoms with Crippen LogP contribution < -0.4 is 5.32 Å². The van der Waals surface area contributed by atoms with Crippen molar-refractivity contribution in [1.29, 1.82) is 0 Å². The number of benzene rings is 1. The summed E-state index contributed by atoms with van der Waals surface area (Å²) < 4.78 is 11.3. The maximum atomic E-state index is 5.66. The highest BCUT2D eigenvalue weighted by molar-refractivity contribution is 5.14. The minimum Gasteiger partial charge on any atom is -0.347 e. The van der Waals surface area contributed by atoms with Crippen LogP contribution in [-0.2, 0) is 16.0 Å². The highest BCUT2D eigenvalue weighted by Gasteiger charge is 2.33. The second kappa shape index (κ2) is 7.09. The molecule has 0 amide bonds. The molecule has 1 aromatic carbocycles. The largest absolute Gasteiger partial charge is 0.347 e. The van der Waals surface area contributed by atoms with Crippen molar-refractivity contribution in [1.82, 2.24) is 10.2 Å². The molecule has 2 aliphatic rings. The lowest BCUT2D eigenvalue weighted by Crippen LogP contribution is -2.45. The molecule has 22 heavy (non-hydrogen) atoms. The quantitative estimate of drug-likeness (QED) is 0.874. The standard InChI is InChI=1S/C18H28N2O2/c1-15(19-14-18(2)21-10-11-22-18)17-8-9-20(13-17)12-16-6-4-3-5-7-16/h3-7,15,17,19H,8-14H2,1-2H3. The summed E-state index contributed by atoms with van der Waals surface area (Å²) in [5, 5.41) is 3.61. The topological polar surface area (TPSA) is 33.7 Å². The molecule has 2 fully saturated rings. The molecule has 2 aliphatic heterocycles. The first-order valence-electron chi connectivity index (χ1n) is 8.42. The summed E-state index contributed by atoms with van der Waals surface area (Å²) in [4.78, 5) is 2.56. The second-order valence-corrected chi connectivity index (χ2v) is 6.77. The van der Waals surface area contributed by atoms with E-state index in [4.69, 9.17) is 9.47 Å². The predicted molar refractivity (Wildman–Crippen MR) is 87.6 cm³/mol. The molecule has 2 heterocycles. The van der Waals surface area contributed by atoms with Crippen LogP contribution in [0.5, 0.6) is 0 Å². The third-order valence-corrected chi connectivity index (χ3v) is 4.91. The van der Waals surface area contributed by atoms with Gasteiger partial charge in [-0.05, 0) is 38.3 Å². The van der Waals surface area contributed by atoms with E-state index in [1.165, 1.54) is 25.1 Å². The van der Waals surface area contributed by atoms with E-state index in [0.29, 0.717) is 25.2 Å². The Morgan fingerprint density at radius 1 is 1.27 bits per heavy atom. The SMILES string of the molecule is CC(NCC1(C)OCCO1)C1CCN(Cc2ccccc2)C1. The highest BCUT2D eigenvalue weighted by atomic mass is 16.7. The van der Waals surface area contributed by atoms with Crippen LogP contribution in [0.2, 0.25) is 0 Å². The van der Waals surface area contributed by atoms with Gasteiger partial charge in [0.2, 0.25) is 0 Å². The predicted octanol–water partition coefficient (Wildman–Crippen LogP) is 2.25. The maximum Gasteiger partial charge on any atom is 0.178 e. The van der Waals surface area contributed by atoms with Crippen LogP contribution in [0.4, 0.5) is 0 Å². The molecule has 1 N–H and O–H groups in total. The summed E-state index contributed by atoms with van der Waals surface area (Å²) in [6, 6.07) is 11.2. The summed E-state index contributed by atoms with van der Waals surface area (Å²) in [5.74, 6) is 0.269. The molecule has 4 heteroatoms. The molecule has 0 aromatic heterocycles. The van der Waals surface area contributed by atoms with Gasteiger partial charge < -0.3 is 14.8 Å². The zero-order valence-corrected chi connectivity index (χ0v) is 13.8. The molecule has 0 bridgehead atoms. The number of hydrogen-bond acceptors (Lipinski definition) is 4. The maximum absolute atomic E-state index is 5.66. The summed E-state index contributed by atoms with van der Waals surface area (Å²) in [6.07, 6.45) is 1.26. The average molecular weight is 304 g/mol. The van der Waals surface area contributed by atoms with Gasteiger partial charge >= 0.3 is 0 Å². The number of hydrogen-bond donors (Lipinski definition) is 1. The smallest absolute Gasteiger partial charge is 0.178 e. The van der Waals surface area contributed by atoms with Crippen molar-refractivity contribution in [2.75, 3.05) is 32.8 Å². The summed E-state index contributed by atoms with van der Waals surface area (Å²) in [7, 11) is 0. The van der Waals surface area contributed by atoms with Gasteiger partial charge in [-0.3, -0.25) is 4.90 Å². The van der Waals surface area contributed by atoms with Crippen molar-refractivity contribution in [2.45, 2.75) is 38.6 Å². The Kier molecular flexibility index (Phi) is 5.14. The zero-order chi connectivity index (χ0) is 15.4.